The summed E-state index contributed by atoms with van der Waals surface area (Å²) in [5, 5.41) is 7.65. The molecule has 1 fully saturated rings. The predicted molar refractivity (Wildman–Crippen MR) is 71.8 cm³/mol. The molecule has 0 bridgehead atoms. The zero-order chi connectivity index (χ0) is 12.2. The summed E-state index contributed by atoms with van der Waals surface area (Å²) >= 11 is 0. The van der Waals surface area contributed by atoms with Crippen LogP contribution in [0.25, 0.3) is 5.65 Å². The van der Waals surface area contributed by atoms with Gasteiger partial charge in [-0.05, 0) is 51.0 Å². The minimum Gasteiger partial charge on any atom is -0.353 e. The van der Waals surface area contributed by atoms with Crippen molar-refractivity contribution in [2.24, 2.45) is 0 Å². The second-order valence-corrected chi connectivity index (χ2v) is 4.77. The van der Waals surface area contributed by atoms with Crippen molar-refractivity contribution in [1.82, 2.24) is 19.5 Å². The van der Waals surface area contributed by atoms with Crippen molar-refractivity contribution >= 4 is 11.6 Å². The van der Waals surface area contributed by atoms with Crippen LogP contribution in [0.15, 0.2) is 24.4 Å². The van der Waals surface area contributed by atoms with Gasteiger partial charge in [0, 0.05) is 12.7 Å². The molecule has 0 aliphatic carbocycles. The maximum atomic E-state index is 4.41. The van der Waals surface area contributed by atoms with Gasteiger partial charge >= 0.3 is 0 Å². The molecule has 5 nitrogen and oxygen atoms in total. The summed E-state index contributed by atoms with van der Waals surface area (Å²) in [7, 11) is 0. The lowest BCUT2D eigenvalue weighted by Gasteiger charge is -2.13. The van der Waals surface area contributed by atoms with Crippen LogP contribution in [0.5, 0.6) is 0 Å². The van der Waals surface area contributed by atoms with Gasteiger partial charge in [-0.15, -0.1) is 5.10 Å². The van der Waals surface area contributed by atoms with Crippen molar-refractivity contribution in [2.75, 3.05) is 31.5 Å². The molecule has 0 spiro atoms. The summed E-state index contributed by atoms with van der Waals surface area (Å²) < 4.78 is 1.79. The fourth-order valence-electron chi connectivity index (χ4n) is 2.42. The number of anilines is 1. The Bertz CT molecular complexity index is 468. The summed E-state index contributed by atoms with van der Waals surface area (Å²) in [6.07, 6.45) is 5.79. The summed E-state index contributed by atoms with van der Waals surface area (Å²) in [5.74, 6) is 0.725. The van der Waals surface area contributed by atoms with Crippen LogP contribution in [0.4, 0.5) is 5.95 Å². The van der Waals surface area contributed by atoms with Crippen molar-refractivity contribution in [3.05, 3.63) is 24.4 Å². The van der Waals surface area contributed by atoms with E-state index in [1.54, 1.807) is 4.52 Å². The third kappa shape index (κ3) is 2.61. The average molecular weight is 245 g/mol. The van der Waals surface area contributed by atoms with Gasteiger partial charge in [0.25, 0.3) is 0 Å². The van der Waals surface area contributed by atoms with Gasteiger partial charge in [-0.25, -0.2) is 4.52 Å². The lowest BCUT2D eigenvalue weighted by Crippen LogP contribution is -2.22. The normalized spacial score (nSPS) is 16.4. The van der Waals surface area contributed by atoms with Crippen LogP contribution in [0.3, 0.4) is 0 Å². The topological polar surface area (TPSA) is 45.5 Å². The molecule has 1 aliphatic rings. The highest BCUT2D eigenvalue weighted by atomic mass is 15.3. The van der Waals surface area contributed by atoms with E-state index < -0.39 is 0 Å². The number of hydrogen-bond acceptors (Lipinski definition) is 4. The van der Waals surface area contributed by atoms with E-state index in [2.05, 4.69) is 20.3 Å². The Morgan fingerprint density at radius 1 is 1.22 bits per heavy atom. The monoisotopic (exact) mass is 245 g/mol. The third-order valence-electron chi connectivity index (χ3n) is 3.37. The Morgan fingerprint density at radius 3 is 2.94 bits per heavy atom. The zero-order valence-electron chi connectivity index (χ0n) is 10.5. The number of hydrogen-bond donors (Lipinski definition) is 1. The number of nitrogens with one attached hydrogen (secondary N) is 1. The molecular formula is C13H19N5. The fourth-order valence-corrected chi connectivity index (χ4v) is 2.42. The van der Waals surface area contributed by atoms with Crippen molar-refractivity contribution in [3.8, 4) is 0 Å². The first kappa shape index (κ1) is 11.5. The number of likely N-dealkylation sites (tertiary alicyclic amines) is 1. The number of aromatic nitrogens is 3. The maximum Gasteiger partial charge on any atom is 0.243 e. The molecule has 96 valence electrons. The zero-order valence-corrected chi connectivity index (χ0v) is 10.5. The van der Waals surface area contributed by atoms with E-state index in [0.717, 1.165) is 24.6 Å². The molecule has 0 unspecified atom stereocenters. The molecule has 18 heavy (non-hydrogen) atoms. The summed E-state index contributed by atoms with van der Waals surface area (Å²) in [6.45, 7) is 4.66. The largest absolute Gasteiger partial charge is 0.353 e. The lowest BCUT2D eigenvalue weighted by atomic mass is 10.4. The first-order valence-electron chi connectivity index (χ1n) is 6.69. The molecule has 0 saturated carbocycles. The van der Waals surface area contributed by atoms with E-state index >= 15 is 0 Å². The molecule has 2 aromatic rings. The molecule has 0 atom stereocenters. The van der Waals surface area contributed by atoms with Gasteiger partial charge in [0.1, 0.15) is 0 Å². The third-order valence-corrected chi connectivity index (χ3v) is 3.37. The van der Waals surface area contributed by atoms with Crippen molar-refractivity contribution < 1.29 is 0 Å². The fraction of sp³-hybridized carbons (Fsp3) is 0.538. The molecular weight excluding hydrogens is 226 g/mol. The Balaban J connectivity index is 1.47. The molecule has 2 aromatic heterocycles. The van der Waals surface area contributed by atoms with Gasteiger partial charge in [0.2, 0.25) is 5.95 Å². The van der Waals surface area contributed by atoms with Crippen molar-refractivity contribution in [2.45, 2.75) is 19.3 Å². The SMILES string of the molecule is c1ccn2nc(NCCCN3CCCC3)nc2c1. The van der Waals surface area contributed by atoms with Crippen LogP contribution in [-0.2, 0) is 0 Å². The molecule has 0 amide bonds. The standard InChI is InChI=1S/C13H19N5/c1-2-11-18-12(6-1)15-13(16-18)14-7-5-10-17-8-3-4-9-17/h1-2,6,11H,3-5,7-10H2,(H,14,16). The van der Waals surface area contributed by atoms with Gasteiger partial charge in [0.15, 0.2) is 5.65 Å². The van der Waals surface area contributed by atoms with Gasteiger partial charge in [-0.3, -0.25) is 0 Å². The van der Waals surface area contributed by atoms with Crippen molar-refractivity contribution in [3.63, 3.8) is 0 Å². The van der Waals surface area contributed by atoms with Crippen LogP contribution >= 0.6 is 0 Å². The molecule has 1 N–H and O–H groups in total. The molecule has 5 heteroatoms. The van der Waals surface area contributed by atoms with Gasteiger partial charge in [-0.1, -0.05) is 6.07 Å². The van der Waals surface area contributed by atoms with Crippen LogP contribution in [-0.4, -0.2) is 45.7 Å². The maximum absolute atomic E-state index is 4.41. The molecule has 1 saturated heterocycles. The highest BCUT2D eigenvalue weighted by Crippen LogP contribution is 2.08. The Morgan fingerprint density at radius 2 is 2.11 bits per heavy atom. The first-order chi connectivity index (χ1) is 8.92. The highest BCUT2D eigenvalue weighted by molar-refractivity contribution is 5.42. The molecule has 3 heterocycles. The Labute approximate surface area is 107 Å². The van der Waals surface area contributed by atoms with E-state index in [9.17, 15) is 0 Å². The smallest absolute Gasteiger partial charge is 0.243 e. The average Bonchev–Trinajstić information content (AvgIpc) is 3.03. The predicted octanol–water partition coefficient (Wildman–Crippen LogP) is 1.63. The summed E-state index contributed by atoms with van der Waals surface area (Å²) in [5.41, 5.74) is 0.888. The van der Waals surface area contributed by atoms with E-state index in [0.29, 0.717) is 0 Å². The number of nitrogens with zero attached hydrogens (tertiary/aromatic N) is 4. The van der Waals surface area contributed by atoms with E-state index in [1.807, 2.05) is 24.4 Å². The molecule has 1 aliphatic heterocycles. The summed E-state index contributed by atoms with van der Waals surface area (Å²) in [6, 6.07) is 5.89. The lowest BCUT2D eigenvalue weighted by molar-refractivity contribution is 0.337. The van der Waals surface area contributed by atoms with Crippen LogP contribution < -0.4 is 5.32 Å². The molecule has 3 rings (SSSR count). The first-order valence-corrected chi connectivity index (χ1v) is 6.69. The van der Waals surface area contributed by atoms with Crippen LogP contribution in [0.2, 0.25) is 0 Å². The number of pyridine rings is 1. The van der Waals surface area contributed by atoms with Gasteiger partial charge < -0.3 is 10.2 Å². The van der Waals surface area contributed by atoms with E-state index in [1.165, 1.54) is 32.5 Å². The minimum atomic E-state index is 0.725. The van der Waals surface area contributed by atoms with Crippen molar-refractivity contribution in [1.29, 1.82) is 0 Å². The quantitative estimate of drug-likeness (QED) is 0.813. The second kappa shape index (κ2) is 5.35. The Hall–Kier alpha value is -1.62. The van der Waals surface area contributed by atoms with E-state index in [-0.39, 0.29) is 0 Å². The summed E-state index contributed by atoms with van der Waals surface area (Å²) in [4.78, 5) is 6.94. The number of fused-ring (bicyclic) bond motifs is 1. The minimum absolute atomic E-state index is 0.725. The molecule has 0 aromatic carbocycles. The van der Waals surface area contributed by atoms with Crippen LogP contribution in [0.1, 0.15) is 19.3 Å². The Kier molecular flexibility index (Phi) is 3.41. The van der Waals surface area contributed by atoms with E-state index in [4.69, 9.17) is 0 Å². The molecule has 0 radical (unpaired) electrons. The van der Waals surface area contributed by atoms with Crippen LogP contribution in [0, 0.1) is 0 Å². The highest BCUT2D eigenvalue weighted by Gasteiger charge is 2.10. The number of rotatable bonds is 5. The van der Waals surface area contributed by atoms with Gasteiger partial charge in [-0.2, -0.15) is 4.98 Å². The van der Waals surface area contributed by atoms with Gasteiger partial charge in [0.05, 0.1) is 0 Å². The second-order valence-electron chi connectivity index (χ2n) is 4.77.